The van der Waals surface area contributed by atoms with Crippen LogP contribution in [0.25, 0.3) is 0 Å². The molecular formula is C24H33N5O4. The van der Waals surface area contributed by atoms with Crippen LogP contribution >= 0.6 is 0 Å². The lowest BCUT2D eigenvalue weighted by atomic mass is 9.98. The zero-order chi connectivity index (χ0) is 23.3. The van der Waals surface area contributed by atoms with Crippen LogP contribution in [-0.4, -0.2) is 71.3 Å². The van der Waals surface area contributed by atoms with Gasteiger partial charge in [0.2, 0.25) is 11.8 Å². The second kappa shape index (κ2) is 10.3. The van der Waals surface area contributed by atoms with Crippen molar-refractivity contribution in [3.8, 4) is 0 Å². The van der Waals surface area contributed by atoms with E-state index in [1.54, 1.807) is 0 Å². The molecule has 0 bridgehead atoms. The number of para-hydroxylation sites is 1. The Labute approximate surface area is 194 Å². The smallest absolute Gasteiger partial charge is 0.325 e. The van der Waals surface area contributed by atoms with E-state index in [9.17, 15) is 19.2 Å². The van der Waals surface area contributed by atoms with Crippen LogP contribution in [0.3, 0.4) is 0 Å². The number of carbonyl (C=O) groups is 4. The first-order valence-corrected chi connectivity index (χ1v) is 12.0. The Kier molecular flexibility index (Phi) is 7.27. The van der Waals surface area contributed by atoms with Crippen molar-refractivity contribution in [2.75, 3.05) is 31.5 Å². The fourth-order valence-corrected chi connectivity index (χ4v) is 5.05. The third kappa shape index (κ3) is 5.71. The van der Waals surface area contributed by atoms with Gasteiger partial charge in [-0.05, 0) is 44.2 Å². The third-order valence-corrected chi connectivity index (χ3v) is 6.87. The molecule has 1 aromatic carbocycles. The maximum absolute atomic E-state index is 12.7. The Morgan fingerprint density at radius 1 is 1.03 bits per heavy atom. The van der Waals surface area contributed by atoms with E-state index in [1.165, 1.54) is 4.90 Å². The number of rotatable bonds is 8. The summed E-state index contributed by atoms with van der Waals surface area (Å²) < 4.78 is 0. The molecule has 0 unspecified atom stereocenters. The molecule has 3 aliphatic rings. The van der Waals surface area contributed by atoms with Crippen LogP contribution in [0.15, 0.2) is 30.3 Å². The van der Waals surface area contributed by atoms with Crippen LogP contribution in [0.1, 0.15) is 51.4 Å². The minimum atomic E-state index is -0.689. The number of hydrogen-bond acceptors (Lipinski definition) is 5. The molecule has 9 heteroatoms. The Morgan fingerprint density at radius 2 is 1.73 bits per heavy atom. The minimum Gasteiger partial charge on any atom is -0.353 e. The van der Waals surface area contributed by atoms with Crippen molar-refractivity contribution in [1.82, 2.24) is 20.4 Å². The number of benzene rings is 1. The highest BCUT2D eigenvalue weighted by atomic mass is 16.2. The van der Waals surface area contributed by atoms with Crippen molar-refractivity contribution < 1.29 is 19.2 Å². The van der Waals surface area contributed by atoms with Gasteiger partial charge in [0, 0.05) is 37.8 Å². The Bertz CT molecular complexity index is 876. The van der Waals surface area contributed by atoms with Crippen molar-refractivity contribution in [3.05, 3.63) is 30.3 Å². The van der Waals surface area contributed by atoms with Crippen LogP contribution in [0.5, 0.6) is 0 Å². The fourth-order valence-electron chi connectivity index (χ4n) is 5.05. The lowest BCUT2D eigenvalue weighted by Gasteiger charge is -2.31. The number of piperidine rings is 1. The highest BCUT2D eigenvalue weighted by Crippen LogP contribution is 2.35. The Morgan fingerprint density at radius 3 is 2.42 bits per heavy atom. The maximum atomic E-state index is 12.7. The van der Waals surface area contributed by atoms with Crippen molar-refractivity contribution in [3.63, 3.8) is 0 Å². The summed E-state index contributed by atoms with van der Waals surface area (Å²) >= 11 is 0. The number of urea groups is 1. The van der Waals surface area contributed by atoms with E-state index < -0.39 is 5.54 Å². The molecule has 4 rings (SSSR count). The topological polar surface area (TPSA) is 111 Å². The molecule has 2 heterocycles. The number of imide groups is 1. The van der Waals surface area contributed by atoms with Gasteiger partial charge in [0.25, 0.3) is 5.91 Å². The SMILES string of the molecule is O=C(CN1CCC(NC(=O)CCCN2C(=O)NC3(CCCC3)C2=O)CC1)Nc1ccccc1. The quantitative estimate of drug-likeness (QED) is 0.518. The molecule has 2 saturated heterocycles. The summed E-state index contributed by atoms with van der Waals surface area (Å²) in [5, 5.41) is 8.82. The third-order valence-electron chi connectivity index (χ3n) is 6.87. The van der Waals surface area contributed by atoms with Crippen molar-refractivity contribution in [2.45, 2.75) is 62.9 Å². The first-order chi connectivity index (χ1) is 15.9. The molecule has 2 aliphatic heterocycles. The Balaban J connectivity index is 1.12. The van der Waals surface area contributed by atoms with Gasteiger partial charge in [-0.2, -0.15) is 0 Å². The van der Waals surface area contributed by atoms with Gasteiger partial charge in [-0.25, -0.2) is 4.79 Å². The number of nitrogens with zero attached hydrogens (tertiary/aromatic N) is 2. The van der Waals surface area contributed by atoms with Crippen LogP contribution in [0.2, 0.25) is 0 Å². The van der Waals surface area contributed by atoms with Crippen LogP contribution < -0.4 is 16.0 Å². The number of nitrogens with one attached hydrogen (secondary N) is 3. The second-order valence-electron chi connectivity index (χ2n) is 9.31. The highest BCUT2D eigenvalue weighted by molar-refractivity contribution is 6.07. The van der Waals surface area contributed by atoms with Crippen molar-refractivity contribution >= 4 is 29.4 Å². The minimum absolute atomic E-state index is 0.0384. The van der Waals surface area contributed by atoms with Crippen molar-refractivity contribution in [1.29, 1.82) is 0 Å². The molecule has 178 valence electrons. The van der Waals surface area contributed by atoms with E-state index in [1.807, 2.05) is 30.3 Å². The van der Waals surface area contributed by atoms with Crippen LogP contribution in [-0.2, 0) is 14.4 Å². The summed E-state index contributed by atoms with van der Waals surface area (Å²) in [6, 6.07) is 9.15. The van der Waals surface area contributed by atoms with Gasteiger partial charge >= 0.3 is 6.03 Å². The maximum Gasteiger partial charge on any atom is 0.325 e. The molecule has 1 saturated carbocycles. The molecule has 3 N–H and O–H groups in total. The van der Waals surface area contributed by atoms with Gasteiger partial charge in [0.1, 0.15) is 5.54 Å². The average molecular weight is 456 g/mol. The molecule has 9 nitrogen and oxygen atoms in total. The first kappa shape index (κ1) is 23.2. The van der Waals surface area contributed by atoms with Crippen LogP contribution in [0.4, 0.5) is 10.5 Å². The monoisotopic (exact) mass is 455 g/mol. The largest absolute Gasteiger partial charge is 0.353 e. The molecule has 1 spiro atoms. The number of carbonyl (C=O) groups excluding carboxylic acids is 4. The molecule has 5 amide bonds. The number of hydrogen-bond donors (Lipinski definition) is 3. The number of anilines is 1. The van der Waals surface area contributed by atoms with Gasteiger partial charge in [-0.15, -0.1) is 0 Å². The molecule has 3 fully saturated rings. The predicted octanol–water partition coefficient (Wildman–Crippen LogP) is 1.85. The predicted molar refractivity (Wildman–Crippen MR) is 123 cm³/mol. The summed E-state index contributed by atoms with van der Waals surface area (Å²) in [6.45, 7) is 2.10. The summed E-state index contributed by atoms with van der Waals surface area (Å²) in [5.74, 6) is -0.226. The molecule has 1 aliphatic carbocycles. The van der Waals surface area contributed by atoms with Gasteiger partial charge in [-0.1, -0.05) is 31.0 Å². The van der Waals surface area contributed by atoms with Crippen LogP contribution in [0, 0.1) is 0 Å². The van der Waals surface area contributed by atoms with Gasteiger partial charge < -0.3 is 16.0 Å². The normalized spacial score (nSPS) is 20.8. The number of likely N-dealkylation sites (tertiary alicyclic amines) is 1. The summed E-state index contributed by atoms with van der Waals surface area (Å²) in [5.41, 5.74) is 0.0989. The van der Waals surface area contributed by atoms with E-state index in [0.29, 0.717) is 25.8 Å². The van der Waals surface area contributed by atoms with Gasteiger partial charge in [0.15, 0.2) is 0 Å². The zero-order valence-electron chi connectivity index (χ0n) is 19.0. The molecule has 33 heavy (non-hydrogen) atoms. The van der Waals surface area contributed by atoms with E-state index in [4.69, 9.17) is 0 Å². The van der Waals surface area contributed by atoms with E-state index in [2.05, 4.69) is 20.9 Å². The average Bonchev–Trinajstić information content (AvgIpc) is 3.36. The molecule has 0 atom stereocenters. The van der Waals surface area contributed by atoms with E-state index in [0.717, 1.165) is 44.5 Å². The summed E-state index contributed by atoms with van der Waals surface area (Å²) in [4.78, 5) is 52.8. The van der Waals surface area contributed by atoms with Crippen molar-refractivity contribution in [2.24, 2.45) is 0 Å². The molecular weight excluding hydrogens is 422 g/mol. The standard InChI is InChI=1S/C24H33N5O4/c30-20(9-6-14-29-22(32)24(27-23(29)33)12-4-5-13-24)25-19-10-15-28(16-11-19)17-21(31)26-18-7-2-1-3-8-18/h1-3,7-8,19H,4-6,9-17H2,(H,25,30)(H,26,31)(H,27,33). The Hall–Kier alpha value is -2.94. The lowest BCUT2D eigenvalue weighted by molar-refractivity contribution is -0.131. The zero-order valence-corrected chi connectivity index (χ0v) is 19.0. The lowest BCUT2D eigenvalue weighted by Crippen LogP contribution is -2.46. The van der Waals surface area contributed by atoms with E-state index in [-0.39, 0.29) is 42.8 Å². The molecule has 0 radical (unpaired) electrons. The first-order valence-electron chi connectivity index (χ1n) is 12.0. The summed E-state index contributed by atoms with van der Waals surface area (Å²) in [7, 11) is 0. The van der Waals surface area contributed by atoms with Gasteiger partial charge in [-0.3, -0.25) is 24.2 Å². The summed E-state index contributed by atoms with van der Waals surface area (Å²) in [6.07, 6.45) is 5.66. The second-order valence-corrected chi connectivity index (χ2v) is 9.31. The molecule has 0 aromatic heterocycles. The number of amides is 5. The van der Waals surface area contributed by atoms with E-state index >= 15 is 0 Å². The fraction of sp³-hybridized carbons (Fsp3) is 0.583. The highest BCUT2D eigenvalue weighted by Gasteiger charge is 2.52. The van der Waals surface area contributed by atoms with Gasteiger partial charge in [0.05, 0.1) is 6.54 Å². The molecule has 1 aromatic rings.